The molecule has 25 heavy (non-hydrogen) atoms. The Labute approximate surface area is 149 Å². The van der Waals surface area contributed by atoms with Crippen LogP contribution in [0, 0.1) is 0 Å². The van der Waals surface area contributed by atoms with Crippen LogP contribution in [0.4, 0.5) is 0 Å². The summed E-state index contributed by atoms with van der Waals surface area (Å²) in [7, 11) is 0. The van der Waals surface area contributed by atoms with Gasteiger partial charge in [-0.2, -0.15) is 10.2 Å². The highest BCUT2D eigenvalue weighted by Gasteiger charge is 2.17. The van der Waals surface area contributed by atoms with Crippen LogP contribution in [0.5, 0.6) is 0 Å². The summed E-state index contributed by atoms with van der Waals surface area (Å²) in [6.45, 7) is 0. The summed E-state index contributed by atoms with van der Waals surface area (Å²) in [4.78, 5) is 6.57. The first-order chi connectivity index (χ1) is 12.3. The van der Waals surface area contributed by atoms with Crippen LogP contribution in [-0.4, -0.2) is 30.5 Å². The highest BCUT2D eigenvalue weighted by Crippen LogP contribution is 2.36. The van der Waals surface area contributed by atoms with Gasteiger partial charge < -0.3 is 5.11 Å². The number of aryl methyl sites for hydroxylation is 1. The fourth-order valence-electron chi connectivity index (χ4n) is 3.00. The number of hydrogen-bond acceptors (Lipinski definition) is 5. The number of aromatic nitrogens is 5. The van der Waals surface area contributed by atoms with E-state index < -0.39 is 6.10 Å². The van der Waals surface area contributed by atoms with Crippen molar-refractivity contribution in [1.82, 2.24) is 25.4 Å². The van der Waals surface area contributed by atoms with Crippen LogP contribution in [0.25, 0.3) is 10.4 Å². The monoisotopic (exact) mass is 353 g/mol. The van der Waals surface area contributed by atoms with Crippen molar-refractivity contribution in [3.8, 4) is 10.4 Å². The van der Waals surface area contributed by atoms with Crippen molar-refractivity contribution in [1.29, 1.82) is 0 Å². The highest BCUT2D eigenvalue weighted by atomic mass is 32.1. The Morgan fingerprint density at radius 2 is 2.20 bits per heavy atom. The summed E-state index contributed by atoms with van der Waals surface area (Å²) < 4.78 is 0. The highest BCUT2D eigenvalue weighted by molar-refractivity contribution is 7.15. The molecule has 0 radical (unpaired) electrons. The Kier molecular flexibility index (Phi) is 4.58. The second kappa shape index (κ2) is 7.16. The van der Waals surface area contributed by atoms with Crippen LogP contribution in [0.3, 0.4) is 0 Å². The molecule has 6 nitrogen and oxygen atoms in total. The third kappa shape index (κ3) is 3.47. The van der Waals surface area contributed by atoms with Crippen LogP contribution < -0.4 is 0 Å². The molecule has 3 heterocycles. The van der Waals surface area contributed by atoms with Crippen LogP contribution in [0.15, 0.2) is 49.0 Å². The first-order valence-electron chi connectivity index (χ1n) is 8.30. The number of H-pyrrole nitrogens is 2. The molecule has 1 aliphatic carbocycles. The average molecular weight is 353 g/mol. The molecule has 0 aromatic carbocycles. The van der Waals surface area contributed by atoms with Crippen LogP contribution >= 0.6 is 11.3 Å². The van der Waals surface area contributed by atoms with E-state index in [-0.39, 0.29) is 0 Å². The van der Waals surface area contributed by atoms with Gasteiger partial charge in [-0.15, -0.1) is 11.3 Å². The molecule has 0 saturated heterocycles. The van der Waals surface area contributed by atoms with E-state index in [1.54, 1.807) is 0 Å². The summed E-state index contributed by atoms with van der Waals surface area (Å²) in [5, 5.41) is 23.9. The minimum atomic E-state index is -0.656. The van der Waals surface area contributed by atoms with Gasteiger partial charge in [-0.1, -0.05) is 24.3 Å². The van der Waals surface area contributed by atoms with E-state index in [1.165, 1.54) is 16.1 Å². The maximum Gasteiger partial charge on any atom is 0.153 e. The Morgan fingerprint density at radius 3 is 3.00 bits per heavy atom. The summed E-state index contributed by atoms with van der Waals surface area (Å²) in [5.41, 5.74) is 2.14. The van der Waals surface area contributed by atoms with E-state index in [0.717, 1.165) is 17.7 Å². The second-order valence-corrected chi connectivity index (χ2v) is 7.16. The van der Waals surface area contributed by atoms with Crippen LogP contribution in [-0.2, 0) is 6.42 Å². The fourth-order valence-corrected chi connectivity index (χ4v) is 4.14. The molecular formula is C18H19N5OS. The first kappa shape index (κ1) is 16.0. The number of allylic oxidation sites excluding steroid dienone is 4. The molecule has 1 aliphatic rings. The Hall–Kier alpha value is -2.51. The van der Waals surface area contributed by atoms with E-state index in [9.17, 15) is 5.11 Å². The zero-order chi connectivity index (χ0) is 17.1. The number of rotatable bonds is 6. The number of hydrogen-bond donors (Lipinski definition) is 3. The predicted molar refractivity (Wildman–Crippen MR) is 97.2 cm³/mol. The molecule has 0 amide bonds. The van der Waals surface area contributed by atoms with Crippen molar-refractivity contribution in [2.45, 2.75) is 31.3 Å². The minimum Gasteiger partial charge on any atom is -0.385 e. The number of thiophene rings is 1. The fraction of sp³-hybridized carbons (Fsp3) is 0.278. The molecule has 3 aromatic rings. The molecular weight excluding hydrogens is 334 g/mol. The lowest BCUT2D eigenvalue weighted by Gasteiger charge is -2.10. The molecule has 2 atom stereocenters. The van der Waals surface area contributed by atoms with Gasteiger partial charge in [0, 0.05) is 26.9 Å². The van der Waals surface area contributed by atoms with Crippen LogP contribution in [0.2, 0.25) is 0 Å². The molecule has 128 valence electrons. The zero-order valence-electron chi connectivity index (χ0n) is 13.6. The molecule has 0 saturated carbocycles. The topological polar surface area (TPSA) is 90.5 Å². The molecule has 3 aromatic heterocycles. The third-order valence-electron chi connectivity index (χ3n) is 4.37. The van der Waals surface area contributed by atoms with Gasteiger partial charge >= 0.3 is 0 Å². The molecule has 3 N–H and O–H groups in total. The Morgan fingerprint density at radius 1 is 1.24 bits per heavy atom. The molecule has 2 unspecified atom stereocenters. The number of aliphatic hydroxyl groups excluding tert-OH is 1. The van der Waals surface area contributed by atoms with Gasteiger partial charge in [0.2, 0.25) is 0 Å². The predicted octanol–water partition coefficient (Wildman–Crippen LogP) is 3.52. The van der Waals surface area contributed by atoms with Gasteiger partial charge in [0.25, 0.3) is 0 Å². The van der Waals surface area contributed by atoms with Gasteiger partial charge in [0.05, 0.1) is 6.20 Å². The number of nitrogens with zero attached hydrogens (tertiary/aromatic N) is 3. The maximum absolute atomic E-state index is 10.2. The molecule has 4 rings (SSSR count). The third-order valence-corrected chi connectivity index (χ3v) is 5.62. The van der Waals surface area contributed by atoms with E-state index in [0.29, 0.717) is 24.6 Å². The van der Waals surface area contributed by atoms with Crippen LogP contribution in [0.1, 0.15) is 41.3 Å². The van der Waals surface area contributed by atoms with Gasteiger partial charge in [-0.05, 0) is 31.4 Å². The van der Waals surface area contributed by atoms with Gasteiger partial charge in [-0.3, -0.25) is 10.2 Å². The Bertz CT molecular complexity index is 877. The van der Waals surface area contributed by atoms with E-state index in [4.69, 9.17) is 0 Å². The lowest BCUT2D eigenvalue weighted by Crippen LogP contribution is -2.02. The van der Waals surface area contributed by atoms with Gasteiger partial charge in [0.15, 0.2) is 5.82 Å². The largest absolute Gasteiger partial charge is 0.385 e. The van der Waals surface area contributed by atoms with Gasteiger partial charge in [-0.25, -0.2) is 4.98 Å². The molecule has 0 fully saturated rings. The lowest BCUT2D eigenvalue weighted by molar-refractivity contribution is 0.158. The molecule has 0 bridgehead atoms. The average Bonchev–Trinajstić information content (AvgIpc) is 3.41. The lowest BCUT2D eigenvalue weighted by atomic mass is 9.99. The quantitative estimate of drug-likeness (QED) is 0.632. The maximum atomic E-state index is 10.2. The van der Waals surface area contributed by atoms with Crippen molar-refractivity contribution in [3.05, 3.63) is 65.4 Å². The number of aliphatic hydroxyl groups is 1. The van der Waals surface area contributed by atoms with Crippen molar-refractivity contribution in [2.75, 3.05) is 0 Å². The Balaban J connectivity index is 1.47. The van der Waals surface area contributed by atoms with E-state index in [2.05, 4.69) is 61.8 Å². The smallest absolute Gasteiger partial charge is 0.153 e. The van der Waals surface area contributed by atoms with Crippen molar-refractivity contribution < 1.29 is 5.11 Å². The summed E-state index contributed by atoms with van der Waals surface area (Å²) in [6.07, 6.45) is 13.6. The van der Waals surface area contributed by atoms with Crippen molar-refractivity contribution in [3.63, 3.8) is 0 Å². The number of nitrogens with one attached hydrogen (secondary N) is 2. The summed E-state index contributed by atoms with van der Waals surface area (Å²) >= 11 is 1.81. The second-order valence-electron chi connectivity index (χ2n) is 6.04. The van der Waals surface area contributed by atoms with Crippen molar-refractivity contribution >= 4 is 11.3 Å². The first-order valence-corrected chi connectivity index (χ1v) is 9.12. The molecule has 7 heteroatoms. The van der Waals surface area contributed by atoms with E-state index >= 15 is 0 Å². The normalized spacial score (nSPS) is 17.9. The molecule has 0 spiro atoms. The van der Waals surface area contributed by atoms with Gasteiger partial charge in [0.1, 0.15) is 12.4 Å². The van der Waals surface area contributed by atoms with E-state index in [1.807, 2.05) is 17.5 Å². The molecule has 0 aliphatic heterocycles. The SMILES string of the molecule is OC(CCc1[nH]ncc1-c1ccc(C2C=CC=CC2)s1)c1ncn[nH]1. The minimum absolute atomic E-state index is 0.465. The summed E-state index contributed by atoms with van der Waals surface area (Å²) in [5.74, 6) is 0.962. The van der Waals surface area contributed by atoms with Crippen molar-refractivity contribution in [2.24, 2.45) is 0 Å². The zero-order valence-corrected chi connectivity index (χ0v) is 14.4. The standard InChI is InChI=1S/C18H19N5OS/c24-15(18-19-11-21-23-18)7-6-14-13(10-20-22-14)17-9-8-16(25-17)12-4-2-1-3-5-12/h1-4,8-12,15,24H,5-7H2,(H,20,22)(H,19,21,23). The summed E-state index contributed by atoms with van der Waals surface area (Å²) in [6, 6.07) is 4.36. The number of aromatic amines is 2.